The van der Waals surface area contributed by atoms with Crippen LogP contribution in [0.4, 0.5) is 5.69 Å². The zero-order valence-corrected chi connectivity index (χ0v) is 16.6. The molecule has 25 heavy (non-hydrogen) atoms. The van der Waals surface area contributed by atoms with Crippen LogP contribution in [-0.4, -0.2) is 26.7 Å². The molecule has 1 N–H and O–H groups in total. The molecule has 1 aromatic carbocycles. The number of benzene rings is 1. The third kappa shape index (κ3) is 3.49. The Morgan fingerprint density at radius 1 is 1.24 bits per heavy atom. The first-order valence-corrected chi connectivity index (χ1v) is 10.6. The Bertz CT molecular complexity index is 780. The van der Waals surface area contributed by atoms with E-state index >= 15 is 0 Å². The molecule has 1 fully saturated rings. The van der Waals surface area contributed by atoms with Gasteiger partial charge in [-0.05, 0) is 37.5 Å². The minimum atomic E-state index is -0.394. The Labute approximate surface area is 160 Å². The van der Waals surface area contributed by atoms with Crippen molar-refractivity contribution in [2.75, 3.05) is 11.1 Å². The lowest BCUT2D eigenvalue weighted by Gasteiger charge is -2.37. The monoisotopic (exact) mass is 420 g/mol. The maximum absolute atomic E-state index is 6.48. The summed E-state index contributed by atoms with van der Waals surface area (Å²) in [6, 6.07) is 6.18. The zero-order valence-electron chi connectivity index (χ0n) is 14.2. The summed E-state index contributed by atoms with van der Waals surface area (Å²) in [5.74, 6) is 1.58. The van der Waals surface area contributed by atoms with Crippen LogP contribution in [0.15, 0.2) is 27.8 Å². The highest BCUT2D eigenvalue weighted by molar-refractivity contribution is 9.10. The van der Waals surface area contributed by atoms with Crippen LogP contribution in [0.5, 0.6) is 5.88 Å². The summed E-state index contributed by atoms with van der Waals surface area (Å²) >= 11 is 5.19. The van der Waals surface area contributed by atoms with Crippen molar-refractivity contribution in [1.82, 2.24) is 15.2 Å². The third-order valence-electron chi connectivity index (χ3n) is 4.62. The standard InChI is InChI=1S/C18H21BrN4OS/c1-2-10-25-17-20-16-15(22-23-17)13-11-12(19)6-7-14(13)21-18(24-16)8-4-3-5-9-18/h6-7,11,21H,2-5,8-10H2,1H3. The number of hydrogen-bond acceptors (Lipinski definition) is 6. The first-order chi connectivity index (χ1) is 12.2. The highest BCUT2D eigenvalue weighted by atomic mass is 79.9. The van der Waals surface area contributed by atoms with E-state index < -0.39 is 5.72 Å². The number of aromatic nitrogens is 3. The summed E-state index contributed by atoms with van der Waals surface area (Å²) in [4.78, 5) is 4.70. The smallest absolute Gasteiger partial charge is 0.247 e. The lowest BCUT2D eigenvalue weighted by Crippen LogP contribution is -2.45. The van der Waals surface area contributed by atoms with Gasteiger partial charge < -0.3 is 10.1 Å². The Morgan fingerprint density at radius 3 is 2.88 bits per heavy atom. The SMILES string of the molecule is CCCSc1nnc2c(n1)OC1(CCCCC1)Nc1ccc(Br)cc1-2. The fourth-order valence-electron chi connectivity index (χ4n) is 3.42. The lowest BCUT2D eigenvalue weighted by molar-refractivity contribution is 0.0536. The summed E-state index contributed by atoms with van der Waals surface area (Å²) < 4.78 is 7.48. The van der Waals surface area contributed by atoms with Crippen LogP contribution in [-0.2, 0) is 0 Å². The van der Waals surface area contributed by atoms with Gasteiger partial charge in [0.15, 0.2) is 11.4 Å². The average molecular weight is 421 g/mol. The molecule has 1 aliphatic carbocycles. The van der Waals surface area contributed by atoms with E-state index in [0.29, 0.717) is 16.7 Å². The second-order valence-electron chi connectivity index (χ2n) is 6.57. The number of nitrogens with one attached hydrogen (secondary N) is 1. The van der Waals surface area contributed by atoms with Crippen molar-refractivity contribution in [1.29, 1.82) is 0 Å². The van der Waals surface area contributed by atoms with Crippen molar-refractivity contribution in [2.45, 2.75) is 56.3 Å². The molecule has 5 nitrogen and oxygen atoms in total. The van der Waals surface area contributed by atoms with E-state index in [0.717, 1.165) is 53.6 Å². The van der Waals surface area contributed by atoms with E-state index in [-0.39, 0.29) is 0 Å². The van der Waals surface area contributed by atoms with Gasteiger partial charge in [-0.25, -0.2) is 0 Å². The van der Waals surface area contributed by atoms with Gasteiger partial charge >= 0.3 is 0 Å². The fourth-order valence-corrected chi connectivity index (χ4v) is 4.41. The van der Waals surface area contributed by atoms with Crippen molar-refractivity contribution in [3.05, 3.63) is 22.7 Å². The summed E-state index contributed by atoms with van der Waals surface area (Å²) in [5, 5.41) is 13.1. The second-order valence-corrected chi connectivity index (χ2v) is 8.55. The number of ether oxygens (including phenoxy) is 1. The van der Waals surface area contributed by atoms with Gasteiger partial charge in [-0.15, -0.1) is 10.2 Å². The van der Waals surface area contributed by atoms with Crippen LogP contribution in [0.3, 0.4) is 0 Å². The number of anilines is 1. The van der Waals surface area contributed by atoms with E-state index in [2.05, 4.69) is 50.5 Å². The second kappa shape index (κ2) is 7.11. The Kier molecular flexibility index (Phi) is 4.86. The minimum absolute atomic E-state index is 0.394. The van der Waals surface area contributed by atoms with Gasteiger partial charge in [0.05, 0.1) is 0 Å². The quantitative estimate of drug-likeness (QED) is 0.682. The van der Waals surface area contributed by atoms with Gasteiger partial charge in [0.2, 0.25) is 11.0 Å². The molecule has 1 spiro atoms. The van der Waals surface area contributed by atoms with Crippen LogP contribution in [0, 0.1) is 0 Å². The number of halogens is 1. The predicted octanol–water partition coefficient (Wildman–Crippen LogP) is 5.27. The van der Waals surface area contributed by atoms with Crippen molar-refractivity contribution < 1.29 is 4.74 Å². The molecule has 0 atom stereocenters. The van der Waals surface area contributed by atoms with Gasteiger partial charge in [0.1, 0.15) is 0 Å². The first kappa shape index (κ1) is 17.1. The van der Waals surface area contributed by atoms with Crippen molar-refractivity contribution in [2.24, 2.45) is 0 Å². The molecule has 2 aromatic rings. The van der Waals surface area contributed by atoms with E-state index in [4.69, 9.17) is 9.72 Å². The molecule has 7 heteroatoms. The number of fused-ring (bicyclic) bond motifs is 3. The molecule has 2 aliphatic rings. The number of rotatable bonds is 3. The molecule has 2 heterocycles. The fraction of sp³-hybridized carbons (Fsp3) is 0.500. The molecule has 1 aliphatic heterocycles. The molecule has 0 radical (unpaired) electrons. The van der Waals surface area contributed by atoms with E-state index in [1.165, 1.54) is 6.42 Å². The molecule has 0 saturated heterocycles. The topological polar surface area (TPSA) is 59.9 Å². The van der Waals surface area contributed by atoms with Crippen LogP contribution < -0.4 is 10.1 Å². The molecule has 1 saturated carbocycles. The normalized spacial score (nSPS) is 17.8. The van der Waals surface area contributed by atoms with Gasteiger partial charge in [0.25, 0.3) is 0 Å². The molecule has 0 bridgehead atoms. The molecule has 4 rings (SSSR count). The van der Waals surface area contributed by atoms with Crippen LogP contribution in [0.25, 0.3) is 11.3 Å². The minimum Gasteiger partial charge on any atom is -0.449 e. The van der Waals surface area contributed by atoms with Gasteiger partial charge in [-0.3, -0.25) is 0 Å². The van der Waals surface area contributed by atoms with Crippen molar-refractivity contribution >= 4 is 33.4 Å². The molecule has 0 amide bonds. The van der Waals surface area contributed by atoms with Crippen molar-refractivity contribution in [3.63, 3.8) is 0 Å². The highest BCUT2D eigenvalue weighted by Crippen LogP contribution is 2.44. The highest BCUT2D eigenvalue weighted by Gasteiger charge is 2.39. The first-order valence-electron chi connectivity index (χ1n) is 8.84. The third-order valence-corrected chi connectivity index (χ3v) is 6.16. The van der Waals surface area contributed by atoms with Gasteiger partial charge in [0, 0.05) is 34.3 Å². The largest absolute Gasteiger partial charge is 0.449 e. The molecular weight excluding hydrogens is 400 g/mol. The Hall–Kier alpha value is -1.34. The average Bonchev–Trinajstić information content (AvgIpc) is 2.74. The van der Waals surface area contributed by atoms with Crippen LogP contribution in [0.1, 0.15) is 45.4 Å². The lowest BCUT2D eigenvalue weighted by atomic mass is 9.91. The van der Waals surface area contributed by atoms with E-state index in [9.17, 15) is 0 Å². The summed E-state index contributed by atoms with van der Waals surface area (Å²) in [6.45, 7) is 2.15. The predicted molar refractivity (Wildman–Crippen MR) is 104 cm³/mol. The maximum atomic E-state index is 6.48. The number of hydrogen-bond donors (Lipinski definition) is 1. The maximum Gasteiger partial charge on any atom is 0.247 e. The Balaban J connectivity index is 1.81. The molecule has 132 valence electrons. The van der Waals surface area contributed by atoms with E-state index in [1.54, 1.807) is 11.8 Å². The summed E-state index contributed by atoms with van der Waals surface area (Å²) in [5.41, 5.74) is 2.34. The van der Waals surface area contributed by atoms with Crippen LogP contribution >= 0.6 is 27.7 Å². The summed E-state index contributed by atoms with van der Waals surface area (Å²) in [7, 11) is 0. The Morgan fingerprint density at radius 2 is 2.08 bits per heavy atom. The van der Waals surface area contributed by atoms with Crippen LogP contribution in [0.2, 0.25) is 0 Å². The van der Waals surface area contributed by atoms with Gasteiger partial charge in [-0.2, -0.15) is 4.98 Å². The molecule has 0 unspecified atom stereocenters. The summed E-state index contributed by atoms with van der Waals surface area (Å²) in [6.07, 6.45) is 6.60. The zero-order chi connectivity index (χ0) is 17.3. The van der Waals surface area contributed by atoms with Crippen molar-refractivity contribution in [3.8, 4) is 17.1 Å². The number of nitrogens with zero attached hydrogens (tertiary/aromatic N) is 3. The van der Waals surface area contributed by atoms with Gasteiger partial charge in [-0.1, -0.05) is 41.0 Å². The number of thioether (sulfide) groups is 1. The molecular formula is C18H21BrN4OS. The van der Waals surface area contributed by atoms with E-state index in [1.807, 2.05) is 6.07 Å². The molecule has 1 aromatic heterocycles.